The van der Waals surface area contributed by atoms with E-state index in [4.69, 9.17) is 0 Å². The molecule has 1 aliphatic rings. The summed E-state index contributed by atoms with van der Waals surface area (Å²) in [6.07, 6.45) is 6.20. The highest BCUT2D eigenvalue weighted by atomic mass is 32.2. The number of nitrogens with zero attached hydrogens (tertiary/aromatic N) is 3. The standard InChI is InChI=1S/C14H20N2O2S.C7H8N2.C3H6/c1-11(2)16-9-8-15-14(10-16)12-4-6-13(7-5-12)19(3,17)18;1-6(2)7-3-4-8-5-9-7;1-3-2/h4-7,14-15H,1,8-10H2,2-3H3;3-5H,1H2,2H3;3H,1H2,2H3. The van der Waals surface area contributed by atoms with Gasteiger partial charge in [0, 0.05) is 43.8 Å². The lowest BCUT2D eigenvalue weighted by molar-refractivity contribution is 0.249. The predicted molar refractivity (Wildman–Crippen MR) is 129 cm³/mol. The predicted octanol–water partition coefficient (Wildman–Crippen LogP) is 4.27. The summed E-state index contributed by atoms with van der Waals surface area (Å²) in [4.78, 5) is 10.3. The van der Waals surface area contributed by atoms with Gasteiger partial charge in [0.15, 0.2) is 9.84 Å². The highest BCUT2D eigenvalue weighted by Gasteiger charge is 2.20. The summed E-state index contributed by atoms with van der Waals surface area (Å²) in [5.74, 6) is 0. The summed E-state index contributed by atoms with van der Waals surface area (Å²) in [6, 6.07) is 9.17. The smallest absolute Gasteiger partial charge is 0.175 e. The fourth-order valence-corrected chi connectivity index (χ4v) is 3.44. The van der Waals surface area contributed by atoms with Crippen molar-refractivity contribution in [2.24, 2.45) is 0 Å². The van der Waals surface area contributed by atoms with Crippen molar-refractivity contribution in [1.82, 2.24) is 20.2 Å². The van der Waals surface area contributed by atoms with Crippen molar-refractivity contribution in [2.75, 3.05) is 25.9 Å². The van der Waals surface area contributed by atoms with Gasteiger partial charge in [0.25, 0.3) is 0 Å². The van der Waals surface area contributed by atoms with Gasteiger partial charge in [-0.25, -0.2) is 18.4 Å². The summed E-state index contributed by atoms with van der Waals surface area (Å²) in [6.45, 7) is 19.6. The van der Waals surface area contributed by atoms with E-state index in [2.05, 4.69) is 39.9 Å². The van der Waals surface area contributed by atoms with Crippen LogP contribution in [0.4, 0.5) is 0 Å². The molecule has 0 radical (unpaired) electrons. The van der Waals surface area contributed by atoms with Gasteiger partial charge in [0.05, 0.1) is 10.6 Å². The van der Waals surface area contributed by atoms with E-state index in [-0.39, 0.29) is 6.04 Å². The van der Waals surface area contributed by atoms with Crippen molar-refractivity contribution < 1.29 is 8.42 Å². The van der Waals surface area contributed by atoms with E-state index in [0.717, 1.165) is 42.2 Å². The maximum absolute atomic E-state index is 11.4. The zero-order chi connectivity index (χ0) is 23.4. The molecular formula is C24H34N4O2S. The maximum Gasteiger partial charge on any atom is 0.175 e. The fraction of sp³-hybridized carbons (Fsp3) is 0.333. The summed E-state index contributed by atoms with van der Waals surface area (Å²) in [5, 5.41) is 3.45. The first-order valence-corrected chi connectivity index (χ1v) is 11.9. The molecule has 6 nitrogen and oxygen atoms in total. The number of rotatable bonds is 4. The fourth-order valence-electron chi connectivity index (χ4n) is 2.81. The second-order valence-electron chi connectivity index (χ2n) is 7.31. The van der Waals surface area contributed by atoms with E-state index < -0.39 is 9.84 Å². The molecule has 3 rings (SSSR count). The van der Waals surface area contributed by atoms with Crippen LogP contribution in [-0.4, -0.2) is 49.2 Å². The van der Waals surface area contributed by atoms with E-state index in [1.807, 2.05) is 39.0 Å². The van der Waals surface area contributed by atoms with Gasteiger partial charge in [0.2, 0.25) is 0 Å². The number of hydrogen-bond acceptors (Lipinski definition) is 6. The Kier molecular flexibility index (Phi) is 10.9. The molecule has 0 bridgehead atoms. The van der Waals surface area contributed by atoms with Crippen molar-refractivity contribution in [3.8, 4) is 0 Å². The van der Waals surface area contributed by atoms with Gasteiger partial charge >= 0.3 is 0 Å². The van der Waals surface area contributed by atoms with Crippen LogP contribution in [0.15, 0.2) is 79.3 Å². The average Bonchev–Trinajstić information content (AvgIpc) is 2.75. The topological polar surface area (TPSA) is 75.2 Å². The SMILES string of the molecule is C=C(C)N1CCNC(c2ccc(S(C)(=O)=O)cc2)C1.C=C(C)c1ccncn1.C=CC. The molecule has 2 aromatic rings. The molecule has 1 N–H and O–H groups in total. The van der Waals surface area contributed by atoms with Crippen LogP contribution in [-0.2, 0) is 9.84 Å². The largest absolute Gasteiger partial charge is 0.372 e. The molecule has 0 saturated carbocycles. The number of sulfone groups is 1. The minimum absolute atomic E-state index is 0.221. The molecule has 1 unspecified atom stereocenters. The molecule has 1 aromatic carbocycles. The number of benzene rings is 1. The van der Waals surface area contributed by atoms with Crippen LogP contribution in [0.2, 0.25) is 0 Å². The molecule has 31 heavy (non-hydrogen) atoms. The number of hydrogen-bond donors (Lipinski definition) is 1. The van der Waals surface area contributed by atoms with Gasteiger partial charge in [-0.15, -0.1) is 6.58 Å². The third-order valence-corrected chi connectivity index (χ3v) is 5.57. The van der Waals surface area contributed by atoms with Gasteiger partial charge < -0.3 is 10.2 Å². The summed E-state index contributed by atoms with van der Waals surface area (Å²) < 4.78 is 22.9. The Morgan fingerprint density at radius 2 is 1.81 bits per heavy atom. The van der Waals surface area contributed by atoms with Crippen molar-refractivity contribution in [3.05, 3.63) is 85.6 Å². The first-order valence-electron chi connectivity index (χ1n) is 10.0. The molecule has 7 heteroatoms. The third kappa shape index (κ3) is 9.27. The van der Waals surface area contributed by atoms with Crippen molar-refractivity contribution in [1.29, 1.82) is 0 Å². The lowest BCUT2D eigenvalue weighted by Gasteiger charge is -2.35. The molecule has 2 heterocycles. The lowest BCUT2D eigenvalue weighted by Crippen LogP contribution is -2.44. The van der Waals surface area contributed by atoms with Gasteiger partial charge in [-0.1, -0.05) is 31.4 Å². The Bertz CT molecular complexity index is 955. The summed E-state index contributed by atoms with van der Waals surface area (Å²) in [5.41, 5.74) is 4.06. The second-order valence-corrected chi connectivity index (χ2v) is 9.33. The van der Waals surface area contributed by atoms with Crippen molar-refractivity contribution in [2.45, 2.75) is 31.7 Å². The third-order valence-electron chi connectivity index (χ3n) is 4.45. The lowest BCUT2D eigenvalue weighted by atomic mass is 10.0. The minimum atomic E-state index is -3.12. The van der Waals surface area contributed by atoms with E-state index in [9.17, 15) is 8.42 Å². The first kappa shape index (κ1) is 26.3. The zero-order valence-electron chi connectivity index (χ0n) is 19.0. The molecule has 168 valence electrons. The minimum Gasteiger partial charge on any atom is -0.372 e. The highest BCUT2D eigenvalue weighted by Crippen LogP contribution is 2.21. The van der Waals surface area contributed by atoms with E-state index in [1.54, 1.807) is 24.4 Å². The normalized spacial score (nSPS) is 15.5. The molecule has 1 saturated heterocycles. The molecule has 1 atom stereocenters. The van der Waals surface area contributed by atoms with Crippen LogP contribution < -0.4 is 5.32 Å². The highest BCUT2D eigenvalue weighted by molar-refractivity contribution is 7.90. The summed E-state index contributed by atoms with van der Waals surface area (Å²) >= 11 is 0. The number of aromatic nitrogens is 2. The number of allylic oxidation sites excluding steroid dienone is 3. The van der Waals surface area contributed by atoms with Crippen LogP contribution in [0.1, 0.15) is 38.1 Å². The Morgan fingerprint density at radius 3 is 2.23 bits per heavy atom. The maximum atomic E-state index is 11.4. The molecule has 1 aromatic heterocycles. The molecule has 0 amide bonds. The van der Waals surface area contributed by atoms with Crippen LogP contribution in [0.5, 0.6) is 0 Å². The second kappa shape index (κ2) is 12.8. The Balaban J connectivity index is 0.000000333. The van der Waals surface area contributed by atoms with Crippen LogP contribution >= 0.6 is 0 Å². The van der Waals surface area contributed by atoms with E-state index in [1.165, 1.54) is 12.6 Å². The Labute approximate surface area is 187 Å². The molecule has 0 aliphatic carbocycles. The Hall–Kier alpha value is -2.77. The van der Waals surface area contributed by atoms with Crippen LogP contribution in [0.25, 0.3) is 5.57 Å². The van der Waals surface area contributed by atoms with Gasteiger partial charge in [-0.2, -0.15) is 0 Å². The number of nitrogens with one attached hydrogen (secondary N) is 1. The van der Waals surface area contributed by atoms with Gasteiger partial charge in [-0.3, -0.25) is 0 Å². The monoisotopic (exact) mass is 442 g/mol. The summed E-state index contributed by atoms with van der Waals surface area (Å²) in [7, 11) is -3.12. The van der Waals surface area contributed by atoms with Crippen LogP contribution in [0, 0.1) is 0 Å². The quantitative estimate of drug-likeness (QED) is 0.713. The van der Waals surface area contributed by atoms with Crippen molar-refractivity contribution >= 4 is 15.4 Å². The van der Waals surface area contributed by atoms with Gasteiger partial charge in [-0.05, 0) is 50.1 Å². The van der Waals surface area contributed by atoms with Crippen LogP contribution in [0.3, 0.4) is 0 Å². The first-order chi connectivity index (χ1) is 14.6. The van der Waals surface area contributed by atoms with E-state index in [0.29, 0.717) is 4.90 Å². The van der Waals surface area contributed by atoms with Gasteiger partial charge in [0.1, 0.15) is 6.33 Å². The zero-order valence-corrected chi connectivity index (χ0v) is 19.8. The van der Waals surface area contributed by atoms with Crippen molar-refractivity contribution in [3.63, 3.8) is 0 Å². The number of piperazine rings is 1. The van der Waals surface area contributed by atoms with E-state index >= 15 is 0 Å². The molecule has 1 fully saturated rings. The Morgan fingerprint density at radius 1 is 1.19 bits per heavy atom. The molecule has 0 spiro atoms. The average molecular weight is 443 g/mol. The molecular weight excluding hydrogens is 408 g/mol. The molecule has 1 aliphatic heterocycles.